The Kier molecular flexibility index (Phi) is 5.82. The minimum Gasteiger partial charge on any atom is -0.326 e. The molecule has 0 bridgehead atoms. The zero-order chi connectivity index (χ0) is 12.1. The van der Waals surface area contributed by atoms with Gasteiger partial charge in [-0.05, 0) is 44.6 Å². The Balaban J connectivity index is 3.55. The van der Waals surface area contributed by atoms with Crippen LogP contribution in [0.25, 0.3) is 0 Å². The molecule has 0 rings (SSSR count). The van der Waals surface area contributed by atoms with Gasteiger partial charge in [0.15, 0.2) is 0 Å². The second-order valence-electron chi connectivity index (χ2n) is 6.41. The van der Waals surface area contributed by atoms with Gasteiger partial charge in [-0.1, -0.05) is 27.7 Å². The van der Waals surface area contributed by atoms with Crippen molar-refractivity contribution in [2.75, 3.05) is 13.1 Å². The van der Waals surface area contributed by atoms with Crippen molar-refractivity contribution in [1.82, 2.24) is 5.32 Å². The quantitative estimate of drug-likeness (QED) is 0.640. The van der Waals surface area contributed by atoms with Crippen molar-refractivity contribution < 1.29 is 0 Å². The molecule has 2 nitrogen and oxygen atoms in total. The zero-order valence-corrected chi connectivity index (χ0v) is 11.5. The highest BCUT2D eigenvalue weighted by atomic mass is 14.9. The molecule has 0 fully saturated rings. The zero-order valence-electron chi connectivity index (χ0n) is 11.5. The Hall–Kier alpha value is -0.0800. The fourth-order valence-corrected chi connectivity index (χ4v) is 1.28. The third-order valence-electron chi connectivity index (χ3n) is 3.32. The summed E-state index contributed by atoms with van der Waals surface area (Å²) in [7, 11) is 0. The van der Waals surface area contributed by atoms with E-state index in [2.05, 4.69) is 46.9 Å². The molecular weight excluding hydrogens is 184 g/mol. The standard InChI is InChI=1S/C13H30N2/c1-11(2)12(3,4)10-15-9-7-8-13(5,6)14/h11,15H,7-10,14H2,1-6H3. The summed E-state index contributed by atoms with van der Waals surface area (Å²) in [4.78, 5) is 0. The van der Waals surface area contributed by atoms with Crippen LogP contribution >= 0.6 is 0 Å². The van der Waals surface area contributed by atoms with Crippen LogP contribution in [0.2, 0.25) is 0 Å². The second-order valence-corrected chi connectivity index (χ2v) is 6.41. The number of nitrogens with one attached hydrogen (secondary N) is 1. The van der Waals surface area contributed by atoms with E-state index in [9.17, 15) is 0 Å². The molecule has 0 amide bonds. The van der Waals surface area contributed by atoms with Crippen LogP contribution in [0.5, 0.6) is 0 Å². The van der Waals surface area contributed by atoms with Crippen LogP contribution in [0, 0.1) is 11.3 Å². The van der Waals surface area contributed by atoms with Crippen LogP contribution in [0.1, 0.15) is 54.4 Å². The first-order chi connectivity index (χ1) is 6.65. The van der Waals surface area contributed by atoms with Crippen molar-refractivity contribution in [3.05, 3.63) is 0 Å². The van der Waals surface area contributed by atoms with E-state index in [0.717, 1.165) is 31.8 Å². The van der Waals surface area contributed by atoms with E-state index in [1.165, 1.54) is 0 Å². The molecule has 0 radical (unpaired) electrons. The highest BCUT2D eigenvalue weighted by Crippen LogP contribution is 2.24. The summed E-state index contributed by atoms with van der Waals surface area (Å²) in [5.41, 5.74) is 6.29. The van der Waals surface area contributed by atoms with Crippen LogP contribution in [0.4, 0.5) is 0 Å². The Morgan fingerprint density at radius 3 is 2.07 bits per heavy atom. The molecule has 92 valence electrons. The summed E-state index contributed by atoms with van der Waals surface area (Å²) in [6, 6.07) is 0. The summed E-state index contributed by atoms with van der Waals surface area (Å²) in [5, 5.41) is 3.52. The topological polar surface area (TPSA) is 38.0 Å². The molecule has 0 atom stereocenters. The number of hydrogen-bond acceptors (Lipinski definition) is 2. The van der Waals surface area contributed by atoms with Crippen molar-refractivity contribution in [2.45, 2.75) is 59.9 Å². The summed E-state index contributed by atoms with van der Waals surface area (Å²) >= 11 is 0. The molecule has 0 saturated heterocycles. The molecule has 0 aliphatic heterocycles. The first-order valence-corrected chi connectivity index (χ1v) is 6.15. The normalized spacial score (nSPS) is 13.6. The van der Waals surface area contributed by atoms with Gasteiger partial charge in [0.1, 0.15) is 0 Å². The largest absolute Gasteiger partial charge is 0.326 e. The van der Waals surface area contributed by atoms with Crippen molar-refractivity contribution in [3.63, 3.8) is 0 Å². The average molecular weight is 214 g/mol. The van der Waals surface area contributed by atoms with Crippen LogP contribution in [0.15, 0.2) is 0 Å². The molecule has 0 aliphatic carbocycles. The summed E-state index contributed by atoms with van der Waals surface area (Å²) in [5.74, 6) is 0.718. The third kappa shape index (κ3) is 7.80. The molecule has 0 spiro atoms. The lowest BCUT2D eigenvalue weighted by molar-refractivity contribution is 0.237. The molecule has 15 heavy (non-hydrogen) atoms. The molecule has 0 aliphatic rings. The molecule has 0 aromatic carbocycles. The van der Waals surface area contributed by atoms with Crippen molar-refractivity contribution in [3.8, 4) is 0 Å². The van der Waals surface area contributed by atoms with Crippen LogP contribution in [0.3, 0.4) is 0 Å². The van der Waals surface area contributed by atoms with Crippen LogP contribution < -0.4 is 11.1 Å². The van der Waals surface area contributed by atoms with Crippen LogP contribution in [-0.2, 0) is 0 Å². The fraction of sp³-hybridized carbons (Fsp3) is 1.00. The number of rotatable bonds is 7. The van der Waals surface area contributed by atoms with Gasteiger partial charge in [-0.3, -0.25) is 0 Å². The Labute approximate surface area is 96.0 Å². The van der Waals surface area contributed by atoms with Gasteiger partial charge in [-0.15, -0.1) is 0 Å². The van der Waals surface area contributed by atoms with Gasteiger partial charge in [0, 0.05) is 12.1 Å². The van der Waals surface area contributed by atoms with Crippen LogP contribution in [-0.4, -0.2) is 18.6 Å². The van der Waals surface area contributed by atoms with Gasteiger partial charge in [0.25, 0.3) is 0 Å². The SMILES string of the molecule is CC(C)C(C)(C)CNCCCC(C)(C)N. The second kappa shape index (κ2) is 5.86. The monoisotopic (exact) mass is 214 g/mol. The highest BCUT2D eigenvalue weighted by Gasteiger charge is 2.21. The summed E-state index contributed by atoms with van der Waals surface area (Å²) < 4.78 is 0. The predicted octanol–water partition coefficient (Wildman–Crippen LogP) is 2.78. The minimum atomic E-state index is -0.0186. The van der Waals surface area contributed by atoms with E-state index in [4.69, 9.17) is 5.73 Å². The lowest BCUT2D eigenvalue weighted by Crippen LogP contribution is -2.36. The average Bonchev–Trinajstić information content (AvgIpc) is 2.00. The molecule has 0 heterocycles. The number of nitrogens with two attached hydrogens (primary N) is 1. The smallest absolute Gasteiger partial charge is 0.00975 e. The molecular formula is C13H30N2. The van der Waals surface area contributed by atoms with E-state index in [1.807, 2.05) is 0 Å². The van der Waals surface area contributed by atoms with Crippen molar-refractivity contribution in [1.29, 1.82) is 0 Å². The van der Waals surface area contributed by atoms with Gasteiger partial charge in [-0.25, -0.2) is 0 Å². The molecule has 0 aromatic rings. The molecule has 3 N–H and O–H groups in total. The highest BCUT2D eigenvalue weighted by molar-refractivity contribution is 4.76. The predicted molar refractivity (Wildman–Crippen MR) is 69.0 cm³/mol. The molecule has 0 saturated carbocycles. The van der Waals surface area contributed by atoms with Gasteiger partial charge < -0.3 is 11.1 Å². The molecule has 0 unspecified atom stereocenters. The van der Waals surface area contributed by atoms with Gasteiger partial charge >= 0.3 is 0 Å². The Morgan fingerprint density at radius 2 is 1.67 bits per heavy atom. The summed E-state index contributed by atoms with van der Waals surface area (Å²) in [6.45, 7) is 15.5. The molecule has 0 aromatic heterocycles. The maximum Gasteiger partial charge on any atom is 0.00975 e. The summed E-state index contributed by atoms with van der Waals surface area (Å²) in [6.07, 6.45) is 2.25. The first-order valence-electron chi connectivity index (χ1n) is 6.15. The number of hydrogen-bond donors (Lipinski definition) is 2. The Bertz CT molecular complexity index is 166. The maximum atomic E-state index is 5.92. The van der Waals surface area contributed by atoms with Gasteiger partial charge in [0.05, 0.1) is 0 Å². The van der Waals surface area contributed by atoms with E-state index in [0.29, 0.717) is 5.41 Å². The minimum absolute atomic E-state index is 0.0186. The van der Waals surface area contributed by atoms with E-state index in [-0.39, 0.29) is 5.54 Å². The van der Waals surface area contributed by atoms with Crippen molar-refractivity contribution >= 4 is 0 Å². The van der Waals surface area contributed by atoms with E-state index in [1.54, 1.807) is 0 Å². The third-order valence-corrected chi connectivity index (χ3v) is 3.32. The maximum absolute atomic E-state index is 5.92. The fourth-order valence-electron chi connectivity index (χ4n) is 1.28. The van der Waals surface area contributed by atoms with Crippen molar-refractivity contribution in [2.24, 2.45) is 17.1 Å². The first kappa shape index (κ1) is 14.9. The van der Waals surface area contributed by atoms with Gasteiger partial charge in [-0.2, -0.15) is 0 Å². The van der Waals surface area contributed by atoms with E-state index < -0.39 is 0 Å². The molecule has 2 heteroatoms. The van der Waals surface area contributed by atoms with E-state index >= 15 is 0 Å². The Morgan fingerprint density at radius 1 is 1.13 bits per heavy atom. The lowest BCUT2D eigenvalue weighted by Gasteiger charge is -2.29. The lowest BCUT2D eigenvalue weighted by atomic mass is 9.81. The van der Waals surface area contributed by atoms with Gasteiger partial charge in [0.2, 0.25) is 0 Å².